The van der Waals surface area contributed by atoms with E-state index in [0.29, 0.717) is 22.9 Å². The fourth-order valence-corrected chi connectivity index (χ4v) is 3.00. The quantitative estimate of drug-likeness (QED) is 0.471. The number of aromatic amines is 1. The zero-order chi connectivity index (χ0) is 20.4. The highest BCUT2D eigenvalue weighted by molar-refractivity contribution is 7.71. The molecular formula is C17H17ClF2N6OS. The van der Waals surface area contributed by atoms with E-state index in [0.717, 1.165) is 21.6 Å². The minimum atomic E-state index is -2.80. The van der Waals surface area contributed by atoms with Crippen LogP contribution in [-0.2, 0) is 6.54 Å². The Balaban J connectivity index is 1.94. The van der Waals surface area contributed by atoms with Gasteiger partial charge in [0, 0.05) is 5.56 Å². The van der Waals surface area contributed by atoms with Crippen molar-refractivity contribution in [2.45, 2.75) is 26.8 Å². The summed E-state index contributed by atoms with van der Waals surface area (Å²) in [6.45, 7) is 4.14. The van der Waals surface area contributed by atoms with Gasteiger partial charge in [0.2, 0.25) is 10.6 Å². The van der Waals surface area contributed by atoms with Crippen LogP contribution in [0.4, 0.5) is 8.78 Å². The van der Waals surface area contributed by atoms with Gasteiger partial charge in [0.1, 0.15) is 5.75 Å². The van der Waals surface area contributed by atoms with E-state index >= 15 is 0 Å². The minimum absolute atomic E-state index is 0.0161. The number of aryl methyl sites for hydroxylation is 1. The molecular weight excluding hydrogens is 410 g/mol. The molecule has 3 aromatic rings. The van der Waals surface area contributed by atoms with Gasteiger partial charge in [0.25, 0.3) is 6.43 Å². The van der Waals surface area contributed by atoms with Gasteiger partial charge in [-0.1, -0.05) is 11.6 Å². The van der Waals surface area contributed by atoms with Gasteiger partial charge in [-0.3, -0.25) is 4.68 Å². The predicted molar refractivity (Wildman–Crippen MR) is 104 cm³/mol. The van der Waals surface area contributed by atoms with Crippen LogP contribution in [-0.4, -0.2) is 38.0 Å². The highest BCUT2D eigenvalue weighted by atomic mass is 35.5. The third-order valence-electron chi connectivity index (χ3n) is 4.11. The summed E-state index contributed by atoms with van der Waals surface area (Å²) < 4.78 is 34.0. The van der Waals surface area contributed by atoms with E-state index in [4.69, 9.17) is 28.6 Å². The van der Waals surface area contributed by atoms with E-state index in [1.165, 1.54) is 6.21 Å². The number of hydrogen-bond acceptors (Lipinski definition) is 5. The first-order valence-corrected chi connectivity index (χ1v) is 8.96. The van der Waals surface area contributed by atoms with Gasteiger partial charge in [0.05, 0.1) is 36.3 Å². The number of alkyl halides is 2. The summed E-state index contributed by atoms with van der Waals surface area (Å²) in [4.78, 5) is 0. The van der Waals surface area contributed by atoms with E-state index < -0.39 is 12.2 Å². The summed E-state index contributed by atoms with van der Waals surface area (Å²) in [6.07, 6.45) is -1.37. The smallest absolute Gasteiger partial charge is 0.299 e. The second-order valence-corrected chi connectivity index (χ2v) is 6.72. The average molecular weight is 427 g/mol. The van der Waals surface area contributed by atoms with Crippen LogP contribution >= 0.6 is 23.8 Å². The molecule has 0 saturated carbocycles. The zero-order valence-corrected chi connectivity index (χ0v) is 16.9. The number of rotatable bonds is 6. The van der Waals surface area contributed by atoms with Crippen molar-refractivity contribution in [2.24, 2.45) is 5.10 Å². The molecule has 0 aliphatic heterocycles. The fourth-order valence-electron chi connectivity index (χ4n) is 2.67. The summed E-state index contributed by atoms with van der Waals surface area (Å²) in [5.41, 5.74) is 3.08. The van der Waals surface area contributed by atoms with Crippen LogP contribution in [0.2, 0.25) is 5.02 Å². The summed E-state index contributed by atoms with van der Waals surface area (Å²) >= 11 is 11.2. The Morgan fingerprint density at radius 3 is 2.75 bits per heavy atom. The maximum Gasteiger partial charge on any atom is 0.299 e. The topological polar surface area (TPSA) is 73.0 Å². The van der Waals surface area contributed by atoms with Crippen molar-refractivity contribution >= 4 is 30.0 Å². The number of hydrogen-bond donors (Lipinski definition) is 1. The van der Waals surface area contributed by atoms with E-state index in [9.17, 15) is 8.78 Å². The molecule has 0 amide bonds. The highest BCUT2D eigenvalue weighted by Gasteiger charge is 2.16. The summed E-state index contributed by atoms with van der Waals surface area (Å²) in [6, 6.07) is 5.36. The van der Waals surface area contributed by atoms with Crippen LogP contribution in [0.3, 0.4) is 0 Å². The SMILES string of the molecule is COc1ccc(C=Nn2c(C(F)F)n[nH]c2=S)cc1Cn1nc(C)c(Cl)c1C. The number of ether oxygens (including phenoxy) is 1. The number of H-pyrrole nitrogens is 1. The third-order valence-corrected chi connectivity index (χ3v) is 4.92. The molecule has 0 radical (unpaired) electrons. The second-order valence-electron chi connectivity index (χ2n) is 5.96. The predicted octanol–water partition coefficient (Wildman–Crippen LogP) is 4.28. The van der Waals surface area contributed by atoms with Crippen LogP contribution in [0.1, 0.15) is 34.8 Å². The van der Waals surface area contributed by atoms with Crippen LogP contribution in [0, 0.1) is 18.6 Å². The Labute approximate surface area is 169 Å². The number of methoxy groups -OCH3 is 1. The molecule has 1 aromatic carbocycles. The van der Waals surface area contributed by atoms with Crippen molar-refractivity contribution in [2.75, 3.05) is 7.11 Å². The molecule has 0 spiro atoms. The summed E-state index contributed by atoms with van der Waals surface area (Å²) in [7, 11) is 1.57. The molecule has 28 heavy (non-hydrogen) atoms. The van der Waals surface area contributed by atoms with E-state index in [1.54, 1.807) is 23.9 Å². The van der Waals surface area contributed by atoms with Gasteiger partial charge >= 0.3 is 0 Å². The van der Waals surface area contributed by atoms with Crippen molar-refractivity contribution in [1.29, 1.82) is 0 Å². The molecule has 148 valence electrons. The lowest BCUT2D eigenvalue weighted by Crippen LogP contribution is -2.06. The maximum atomic E-state index is 13.0. The van der Waals surface area contributed by atoms with Crippen LogP contribution < -0.4 is 4.74 Å². The lowest BCUT2D eigenvalue weighted by Gasteiger charge is -2.11. The van der Waals surface area contributed by atoms with E-state index in [-0.39, 0.29) is 4.77 Å². The van der Waals surface area contributed by atoms with Gasteiger partial charge in [-0.2, -0.15) is 20.0 Å². The Morgan fingerprint density at radius 2 is 2.14 bits per heavy atom. The molecule has 0 atom stereocenters. The number of nitrogens with zero attached hydrogens (tertiary/aromatic N) is 5. The minimum Gasteiger partial charge on any atom is -0.496 e. The lowest BCUT2D eigenvalue weighted by atomic mass is 10.1. The monoisotopic (exact) mass is 426 g/mol. The molecule has 2 aromatic heterocycles. The zero-order valence-electron chi connectivity index (χ0n) is 15.3. The summed E-state index contributed by atoms with van der Waals surface area (Å²) in [5.74, 6) is 0.112. The maximum absolute atomic E-state index is 13.0. The molecule has 2 heterocycles. The summed E-state index contributed by atoms with van der Waals surface area (Å²) in [5, 5.41) is 14.9. The standard InChI is InChI=1S/C17H17ClF2N6OS/c1-9-14(18)10(2)25(24-9)8-12-6-11(4-5-13(12)27-3)7-21-26-16(15(19)20)22-23-17(26)28/h4-7,15H,8H2,1-3H3,(H,23,28). The number of aromatic nitrogens is 5. The van der Waals surface area contributed by atoms with Crippen molar-refractivity contribution in [1.82, 2.24) is 24.7 Å². The van der Waals surface area contributed by atoms with Crippen LogP contribution in [0.25, 0.3) is 0 Å². The molecule has 0 fully saturated rings. The van der Waals surface area contributed by atoms with Gasteiger partial charge < -0.3 is 4.74 Å². The third kappa shape index (κ3) is 3.97. The van der Waals surface area contributed by atoms with Crippen LogP contribution in [0.15, 0.2) is 23.3 Å². The first-order chi connectivity index (χ1) is 13.3. The second kappa shape index (κ2) is 8.19. The van der Waals surface area contributed by atoms with Crippen molar-refractivity contribution < 1.29 is 13.5 Å². The van der Waals surface area contributed by atoms with E-state index in [1.807, 2.05) is 19.9 Å². The molecule has 0 unspecified atom stereocenters. The molecule has 0 saturated heterocycles. The first-order valence-electron chi connectivity index (χ1n) is 8.18. The van der Waals surface area contributed by atoms with Gasteiger partial charge in [-0.15, -0.1) is 0 Å². The van der Waals surface area contributed by atoms with Gasteiger partial charge in [-0.05, 0) is 49.8 Å². The van der Waals surface area contributed by atoms with Crippen LogP contribution in [0.5, 0.6) is 5.75 Å². The number of halogens is 3. The molecule has 0 aliphatic carbocycles. The number of nitrogens with one attached hydrogen (secondary N) is 1. The Bertz CT molecular complexity index is 1090. The van der Waals surface area contributed by atoms with Gasteiger partial charge in [0.15, 0.2) is 0 Å². The fraction of sp³-hybridized carbons (Fsp3) is 0.294. The largest absolute Gasteiger partial charge is 0.496 e. The first kappa shape index (κ1) is 20.2. The molecule has 11 heteroatoms. The molecule has 1 N–H and O–H groups in total. The number of benzene rings is 1. The Kier molecular flexibility index (Phi) is 5.90. The van der Waals surface area contributed by atoms with Crippen molar-refractivity contribution in [3.8, 4) is 5.75 Å². The van der Waals surface area contributed by atoms with Crippen molar-refractivity contribution in [3.05, 3.63) is 56.3 Å². The molecule has 3 rings (SSSR count). The molecule has 7 nitrogen and oxygen atoms in total. The average Bonchev–Trinajstić information content (AvgIpc) is 3.15. The lowest BCUT2D eigenvalue weighted by molar-refractivity contribution is 0.136. The van der Waals surface area contributed by atoms with Crippen molar-refractivity contribution in [3.63, 3.8) is 0 Å². The Hall–Kier alpha value is -2.59. The normalized spacial score (nSPS) is 11.7. The molecule has 0 bridgehead atoms. The van der Waals surface area contributed by atoms with E-state index in [2.05, 4.69) is 20.4 Å². The highest BCUT2D eigenvalue weighted by Crippen LogP contribution is 2.24. The molecule has 0 aliphatic rings. The Morgan fingerprint density at radius 1 is 1.39 bits per heavy atom. The van der Waals surface area contributed by atoms with Gasteiger partial charge in [-0.25, -0.2) is 13.9 Å².